The Morgan fingerprint density at radius 1 is 1.50 bits per heavy atom. The highest BCUT2D eigenvalue weighted by atomic mass is 16.5. The minimum Gasteiger partial charge on any atom is -0.464 e. The third kappa shape index (κ3) is 1.72. The summed E-state index contributed by atoms with van der Waals surface area (Å²) in [5, 5.41) is 9.19. The molecule has 0 bridgehead atoms. The molecule has 0 aliphatic carbocycles. The minimum absolute atomic E-state index is 0.233. The SMILES string of the molecule is COC(=O)c1nc(C(C)(C)C#N)n2ccccc12. The van der Waals surface area contributed by atoms with Gasteiger partial charge in [0.2, 0.25) is 0 Å². The number of methoxy groups -OCH3 is 1. The number of carbonyl (C=O) groups excluding carboxylic acids is 1. The van der Waals surface area contributed by atoms with Crippen LogP contribution in [0.1, 0.15) is 30.2 Å². The van der Waals surface area contributed by atoms with Crippen LogP contribution in [-0.4, -0.2) is 22.5 Å². The number of aromatic nitrogens is 2. The molecule has 0 amide bonds. The highest BCUT2D eigenvalue weighted by molar-refractivity contribution is 5.95. The maximum Gasteiger partial charge on any atom is 0.358 e. The first kappa shape index (κ1) is 12.1. The molecule has 0 unspecified atom stereocenters. The summed E-state index contributed by atoms with van der Waals surface area (Å²) in [4.78, 5) is 15.9. The molecule has 18 heavy (non-hydrogen) atoms. The van der Waals surface area contributed by atoms with Gasteiger partial charge in [-0.15, -0.1) is 0 Å². The molecule has 2 aromatic rings. The molecule has 5 heteroatoms. The van der Waals surface area contributed by atoms with Crippen molar-refractivity contribution in [2.24, 2.45) is 0 Å². The molecule has 0 radical (unpaired) electrons. The molecular weight excluding hydrogens is 230 g/mol. The van der Waals surface area contributed by atoms with Crippen molar-refractivity contribution < 1.29 is 9.53 Å². The Kier molecular flexibility index (Phi) is 2.79. The van der Waals surface area contributed by atoms with Gasteiger partial charge in [0.15, 0.2) is 5.69 Å². The Morgan fingerprint density at radius 2 is 2.22 bits per heavy atom. The Bertz CT molecular complexity index is 650. The van der Waals surface area contributed by atoms with Gasteiger partial charge in [-0.2, -0.15) is 5.26 Å². The van der Waals surface area contributed by atoms with Crippen LogP contribution >= 0.6 is 0 Å². The summed E-state index contributed by atoms with van der Waals surface area (Å²) in [6.45, 7) is 3.52. The normalized spacial score (nSPS) is 11.2. The van der Waals surface area contributed by atoms with Crippen molar-refractivity contribution in [2.75, 3.05) is 7.11 Å². The molecule has 0 fully saturated rings. The van der Waals surface area contributed by atoms with E-state index >= 15 is 0 Å². The highest BCUT2D eigenvalue weighted by Crippen LogP contribution is 2.24. The van der Waals surface area contributed by atoms with Crippen LogP contribution in [0.15, 0.2) is 24.4 Å². The number of imidazole rings is 1. The van der Waals surface area contributed by atoms with Gasteiger partial charge in [0.1, 0.15) is 11.2 Å². The van der Waals surface area contributed by atoms with E-state index < -0.39 is 11.4 Å². The molecule has 0 aromatic carbocycles. The third-order valence-electron chi connectivity index (χ3n) is 2.77. The summed E-state index contributed by atoms with van der Waals surface area (Å²) in [5.41, 5.74) is 0.0930. The second-order valence-electron chi connectivity index (χ2n) is 4.47. The van der Waals surface area contributed by atoms with Crippen molar-refractivity contribution in [1.82, 2.24) is 9.38 Å². The molecule has 5 nitrogen and oxygen atoms in total. The lowest BCUT2D eigenvalue weighted by atomic mass is 9.95. The number of rotatable bonds is 2. The molecule has 92 valence electrons. The average Bonchev–Trinajstić information content (AvgIpc) is 2.78. The molecule has 2 rings (SSSR count). The lowest BCUT2D eigenvalue weighted by Crippen LogP contribution is -2.18. The van der Waals surface area contributed by atoms with Crippen LogP contribution in [0, 0.1) is 11.3 Å². The number of esters is 1. The van der Waals surface area contributed by atoms with Gasteiger partial charge >= 0.3 is 5.97 Å². The maximum absolute atomic E-state index is 11.7. The van der Waals surface area contributed by atoms with Crippen LogP contribution in [0.2, 0.25) is 0 Å². The van der Waals surface area contributed by atoms with Gasteiger partial charge in [0, 0.05) is 6.20 Å². The lowest BCUT2D eigenvalue weighted by Gasteiger charge is -2.13. The van der Waals surface area contributed by atoms with Gasteiger partial charge < -0.3 is 9.14 Å². The van der Waals surface area contributed by atoms with E-state index in [9.17, 15) is 10.1 Å². The molecule has 0 aliphatic rings. The van der Waals surface area contributed by atoms with Crippen LogP contribution in [-0.2, 0) is 10.2 Å². The summed E-state index contributed by atoms with van der Waals surface area (Å²) in [5.74, 6) is 0.0275. The largest absolute Gasteiger partial charge is 0.464 e. The predicted molar refractivity (Wildman–Crippen MR) is 65.2 cm³/mol. The zero-order chi connectivity index (χ0) is 13.3. The van der Waals surface area contributed by atoms with E-state index in [1.165, 1.54) is 7.11 Å². The van der Waals surface area contributed by atoms with Crippen LogP contribution < -0.4 is 0 Å². The molecule has 0 saturated heterocycles. The first-order chi connectivity index (χ1) is 8.51. The van der Waals surface area contributed by atoms with E-state index in [1.807, 2.05) is 12.1 Å². The van der Waals surface area contributed by atoms with Gasteiger partial charge in [0.05, 0.1) is 18.7 Å². The van der Waals surface area contributed by atoms with Crippen LogP contribution in [0.4, 0.5) is 0 Å². The molecule has 0 N–H and O–H groups in total. The number of nitrogens with zero attached hydrogens (tertiary/aromatic N) is 3. The number of hydrogen-bond acceptors (Lipinski definition) is 4. The predicted octanol–water partition coefficient (Wildman–Crippen LogP) is 1.92. The summed E-state index contributed by atoms with van der Waals surface area (Å²) in [7, 11) is 1.31. The molecule has 2 aromatic heterocycles. The van der Waals surface area contributed by atoms with Crippen molar-refractivity contribution in [2.45, 2.75) is 19.3 Å². The summed E-state index contributed by atoms with van der Waals surface area (Å²) in [6, 6.07) is 7.60. The number of pyridine rings is 1. The van der Waals surface area contributed by atoms with Gasteiger partial charge in [-0.05, 0) is 26.0 Å². The smallest absolute Gasteiger partial charge is 0.358 e. The topological polar surface area (TPSA) is 67.4 Å². The molecule has 0 aliphatic heterocycles. The van der Waals surface area contributed by atoms with Crippen LogP contribution in [0.3, 0.4) is 0 Å². The van der Waals surface area contributed by atoms with Gasteiger partial charge in [-0.3, -0.25) is 0 Å². The maximum atomic E-state index is 11.7. The van der Waals surface area contributed by atoms with Gasteiger partial charge in [-0.25, -0.2) is 9.78 Å². The zero-order valence-electron chi connectivity index (χ0n) is 10.5. The molecule has 0 saturated carbocycles. The lowest BCUT2D eigenvalue weighted by molar-refractivity contribution is 0.0596. The summed E-state index contributed by atoms with van der Waals surface area (Å²) in [6.07, 6.45) is 1.78. The Hall–Kier alpha value is -2.35. The zero-order valence-corrected chi connectivity index (χ0v) is 10.5. The fraction of sp³-hybridized carbons (Fsp3) is 0.308. The summed E-state index contributed by atoms with van der Waals surface area (Å²) < 4.78 is 6.45. The van der Waals surface area contributed by atoms with E-state index in [4.69, 9.17) is 4.74 Å². The highest BCUT2D eigenvalue weighted by Gasteiger charge is 2.29. The molecule has 2 heterocycles. The number of fused-ring (bicyclic) bond motifs is 1. The molecule has 0 spiro atoms. The van der Waals surface area contributed by atoms with E-state index in [0.29, 0.717) is 11.3 Å². The average molecular weight is 243 g/mol. The Labute approximate surface area is 105 Å². The molecular formula is C13H13N3O2. The van der Waals surface area contributed by atoms with E-state index in [2.05, 4.69) is 11.1 Å². The number of carbonyl (C=O) groups is 1. The van der Waals surface area contributed by atoms with E-state index in [0.717, 1.165) is 0 Å². The van der Waals surface area contributed by atoms with Crippen molar-refractivity contribution in [1.29, 1.82) is 5.26 Å². The third-order valence-corrected chi connectivity index (χ3v) is 2.77. The second-order valence-corrected chi connectivity index (χ2v) is 4.47. The Morgan fingerprint density at radius 3 is 2.83 bits per heavy atom. The van der Waals surface area contributed by atoms with Crippen molar-refractivity contribution in [3.8, 4) is 6.07 Å². The van der Waals surface area contributed by atoms with Crippen molar-refractivity contribution >= 4 is 11.5 Å². The van der Waals surface area contributed by atoms with E-state index in [-0.39, 0.29) is 5.69 Å². The minimum atomic E-state index is -0.781. The fourth-order valence-corrected chi connectivity index (χ4v) is 1.78. The van der Waals surface area contributed by atoms with Crippen LogP contribution in [0.5, 0.6) is 0 Å². The Balaban J connectivity index is 2.78. The van der Waals surface area contributed by atoms with Gasteiger partial charge in [0.25, 0.3) is 0 Å². The fourth-order valence-electron chi connectivity index (χ4n) is 1.78. The summed E-state index contributed by atoms with van der Waals surface area (Å²) >= 11 is 0. The van der Waals surface area contributed by atoms with Crippen LogP contribution in [0.25, 0.3) is 5.52 Å². The monoisotopic (exact) mass is 243 g/mol. The first-order valence-corrected chi connectivity index (χ1v) is 5.48. The number of nitriles is 1. The van der Waals surface area contributed by atoms with E-state index in [1.54, 1.807) is 30.5 Å². The molecule has 0 atom stereocenters. The van der Waals surface area contributed by atoms with Gasteiger partial charge in [-0.1, -0.05) is 6.07 Å². The first-order valence-electron chi connectivity index (χ1n) is 5.48. The second kappa shape index (κ2) is 4.15. The number of hydrogen-bond donors (Lipinski definition) is 0. The standard InChI is InChI=1S/C13H13N3O2/c1-13(2,8-14)12-15-10(11(17)18-3)9-6-4-5-7-16(9)12/h4-7H,1-3H3. The number of ether oxygens (including phenoxy) is 1. The van der Waals surface area contributed by atoms with Crippen molar-refractivity contribution in [3.63, 3.8) is 0 Å². The van der Waals surface area contributed by atoms with Crippen molar-refractivity contribution in [3.05, 3.63) is 35.9 Å². The quantitative estimate of drug-likeness (QED) is 0.756.